The topological polar surface area (TPSA) is 24.5 Å². The molecule has 2 unspecified atom stereocenters. The number of likely N-dealkylation sites (N-methyl/N-ethyl adjacent to an activating group) is 2. The monoisotopic (exact) mass is 238 g/mol. The number of morpholine rings is 1. The zero-order valence-corrected chi connectivity index (χ0v) is 10.3. The van der Waals surface area contributed by atoms with Crippen LogP contribution in [0.5, 0.6) is 0 Å². The molecular formula is C13H19FN2O. The van der Waals surface area contributed by atoms with Crippen molar-refractivity contribution < 1.29 is 9.13 Å². The van der Waals surface area contributed by atoms with Crippen LogP contribution in [0.25, 0.3) is 0 Å². The van der Waals surface area contributed by atoms with Gasteiger partial charge >= 0.3 is 0 Å². The highest BCUT2D eigenvalue weighted by molar-refractivity contribution is 5.23. The van der Waals surface area contributed by atoms with Gasteiger partial charge in [0.05, 0.1) is 18.8 Å². The van der Waals surface area contributed by atoms with E-state index in [0.717, 1.165) is 18.7 Å². The number of benzene rings is 1. The van der Waals surface area contributed by atoms with Gasteiger partial charge in [0.2, 0.25) is 0 Å². The summed E-state index contributed by atoms with van der Waals surface area (Å²) in [5.74, 6) is -0.157. The van der Waals surface area contributed by atoms with E-state index in [2.05, 4.69) is 10.2 Å². The first-order valence-electron chi connectivity index (χ1n) is 5.95. The number of hydrogen-bond donors (Lipinski definition) is 1. The van der Waals surface area contributed by atoms with E-state index in [1.54, 1.807) is 6.07 Å². The number of nitrogens with zero attached hydrogens (tertiary/aromatic N) is 1. The van der Waals surface area contributed by atoms with E-state index in [9.17, 15) is 4.39 Å². The van der Waals surface area contributed by atoms with Gasteiger partial charge in [-0.05, 0) is 20.2 Å². The Morgan fingerprint density at radius 3 is 2.94 bits per heavy atom. The molecule has 1 fully saturated rings. The Morgan fingerprint density at radius 2 is 2.24 bits per heavy atom. The molecule has 17 heavy (non-hydrogen) atoms. The molecule has 0 aromatic heterocycles. The Balaban J connectivity index is 2.28. The Hall–Kier alpha value is -0.970. The molecule has 0 bridgehead atoms. The minimum atomic E-state index is -0.157. The molecule has 0 saturated carbocycles. The molecule has 4 heteroatoms. The zero-order chi connectivity index (χ0) is 12.3. The molecule has 3 nitrogen and oxygen atoms in total. The van der Waals surface area contributed by atoms with Crippen LogP contribution in [0.1, 0.15) is 11.6 Å². The minimum Gasteiger partial charge on any atom is -0.374 e. The van der Waals surface area contributed by atoms with Gasteiger partial charge in [0.15, 0.2) is 0 Å². The predicted octanol–water partition coefficient (Wildman–Crippen LogP) is 1.42. The number of hydrogen-bond acceptors (Lipinski definition) is 3. The summed E-state index contributed by atoms with van der Waals surface area (Å²) in [7, 11) is 3.90. The Morgan fingerprint density at radius 1 is 1.47 bits per heavy atom. The third-order valence-electron chi connectivity index (χ3n) is 3.23. The second-order valence-corrected chi connectivity index (χ2v) is 4.41. The van der Waals surface area contributed by atoms with E-state index >= 15 is 0 Å². The summed E-state index contributed by atoms with van der Waals surface area (Å²) >= 11 is 0. The summed E-state index contributed by atoms with van der Waals surface area (Å²) in [5, 5.41) is 3.10. The summed E-state index contributed by atoms with van der Waals surface area (Å²) < 4.78 is 19.6. The largest absolute Gasteiger partial charge is 0.374 e. The van der Waals surface area contributed by atoms with E-state index < -0.39 is 0 Å². The van der Waals surface area contributed by atoms with Crippen LogP contribution in [-0.2, 0) is 4.74 Å². The van der Waals surface area contributed by atoms with Gasteiger partial charge in [-0.15, -0.1) is 0 Å². The highest BCUT2D eigenvalue weighted by atomic mass is 19.1. The lowest BCUT2D eigenvalue weighted by Gasteiger charge is -2.39. The fourth-order valence-corrected chi connectivity index (χ4v) is 2.39. The molecule has 1 aliphatic rings. The maximum Gasteiger partial charge on any atom is 0.128 e. The van der Waals surface area contributed by atoms with Crippen LogP contribution in [0.15, 0.2) is 24.3 Å². The normalized spacial score (nSPS) is 26.1. The first kappa shape index (κ1) is 12.5. The van der Waals surface area contributed by atoms with Gasteiger partial charge < -0.3 is 10.1 Å². The van der Waals surface area contributed by atoms with Gasteiger partial charge in [-0.25, -0.2) is 4.39 Å². The fourth-order valence-electron chi connectivity index (χ4n) is 2.39. The van der Waals surface area contributed by atoms with E-state index in [0.29, 0.717) is 6.61 Å². The van der Waals surface area contributed by atoms with Crippen LogP contribution in [0.3, 0.4) is 0 Å². The quantitative estimate of drug-likeness (QED) is 0.862. The van der Waals surface area contributed by atoms with E-state index in [1.807, 2.05) is 26.2 Å². The van der Waals surface area contributed by atoms with E-state index in [4.69, 9.17) is 4.74 Å². The average molecular weight is 238 g/mol. The lowest BCUT2D eigenvalue weighted by Crippen LogP contribution is -2.47. The number of ether oxygens (including phenoxy) is 1. The van der Waals surface area contributed by atoms with Gasteiger partial charge in [-0.3, -0.25) is 4.90 Å². The predicted molar refractivity (Wildman–Crippen MR) is 65.4 cm³/mol. The molecule has 2 rings (SSSR count). The molecular weight excluding hydrogens is 219 g/mol. The summed E-state index contributed by atoms with van der Waals surface area (Å²) in [6, 6.07) is 6.92. The Labute approximate surface area is 102 Å². The average Bonchev–Trinajstić information content (AvgIpc) is 2.31. The SMILES string of the molecule is CNCC1OCCN(C)C1c1ccccc1F. The van der Waals surface area contributed by atoms with Gasteiger partial charge in [0.25, 0.3) is 0 Å². The van der Waals surface area contributed by atoms with Crippen molar-refractivity contribution in [1.29, 1.82) is 0 Å². The number of halogens is 1. The second kappa shape index (κ2) is 5.58. The number of rotatable bonds is 3. The Bertz CT molecular complexity index is 370. The van der Waals surface area contributed by atoms with Crippen molar-refractivity contribution in [1.82, 2.24) is 10.2 Å². The van der Waals surface area contributed by atoms with Gasteiger partial charge in [0.1, 0.15) is 5.82 Å². The van der Waals surface area contributed by atoms with Crippen LogP contribution in [0.2, 0.25) is 0 Å². The summed E-state index contributed by atoms with van der Waals surface area (Å²) in [6.07, 6.45) is -0.00403. The number of nitrogens with one attached hydrogen (secondary N) is 1. The van der Waals surface area contributed by atoms with Gasteiger partial charge in [-0.2, -0.15) is 0 Å². The molecule has 2 atom stereocenters. The van der Waals surface area contributed by atoms with E-state index in [1.165, 1.54) is 6.07 Å². The van der Waals surface area contributed by atoms with Crippen molar-refractivity contribution >= 4 is 0 Å². The Kier molecular flexibility index (Phi) is 4.10. The highest BCUT2D eigenvalue weighted by Crippen LogP contribution is 2.29. The van der Waals surface area contributed by atoms with Crippen LogP contribution in [-0.4, -0.2) is 44.8 Å². The molecule has 94 valence electrons. The van der Waals surface area contributed by atoms with Crippen molar-refractivity contribution in [3.8, 4) is 0 Å². The molecule has 1 aromatic carbocycles. The van der Waals surface area contributed by atoms with Crippen LogP contribution in [0.4, 0.5) is 4.39 Å². The molecule has 0 radical (unpaired) electrons. The molecule has 1 heterocycles. The molecule has 1 aliphatic heterocycles. The summed E-state index contributed by atoms with van der Waals surface area (Å²) in [5.41, 5.74) is 0.718. The first-order valence-corrected chi connectivity index (χ1v) is 5.95. The van der Waals surface area contributed by atoms with Crippen LogP contribution in [0, 0.1) is 5.82 Å². The second-order valence-electron chi connectivity index (χ2n) is 4.41. The maximum atomic E-state index is 13.9. The molecule has 0 amide bonds. The van der Waals surface area contributed by atoms with Crippen molar-refractivity contribution in [2.45, 2.75) is 12.1 Å². The smallest absolute Gasteiger partial charge is 0.128 e. The molecule has 1 saturated heterocycles. The highest BCUT2D eigenvalue weighted by Gasteiger charge is 2.32. The van der Waals surface area contributed by atoms with Gasteiger partial charge in [0, 0.05) is 18.7 Å². The van der Waals surface area contributed by atoms with Crippen molar-refractivity contribution in [3.05, 3.63) is 35.6 Å². The van der Waals surface area contributed by atoms with Crippen molar-refractivity contribution in [2.75, 3.05) is 33.8 Å². The lowest BCUT2D eigenvalue weighted by molar-refractivity contribution is -0.0616. The van der Waals surface area contributed by atoms with Crippen molar-refractivity contribution in [2.24, 2.45) is 0 Å². The minimum absolute atomic E-state index is 0.00403. The standard InChI is InChI=1S/C13H19FN2O/c1-15-9-12-13(16(2)7-8-17-12)10-5-3-4-6-11(10)14/h3-6,12-13,15H,7-9H2,1-2H3. The lowest BCUT2D eigenvalue weighted by atomic mass is 9.98. The van der Waals surface area contributed by atoms with Gasteiger partial charge in [-0.1, -0.05) is 18.2 Å². The maximum absolute atomic E-state index is 13.9. The third-order valence-corrected chi connectivity index (χ3v) is 3.23. The molecule has 1 N–H and O–H groups in total. The van der Waals surface area contributed by atoms with Crippen LogP contribution >= 0.6 is 0 Å². The fraction of sp³-hybridized carbons (Fsp3) is 0.538. The van der Waals surface area contributed by atoms with Crippen LogP contribution < -0.4 is 5.32 Å². The van der Waals surface area contributed by atoms with E-state index in [-0.39, 0.29) is 18.0 Å². The summed E-state index contributed by atoms with van der Waals surface area (Å²) in [4.78, 5) is 2.16. The first-order chi connectivity index (χ1) is 8.24. The zero-order valence-electron chi connectivity index (χ0n) is 10.3. The van der Waals surface area contributed by atoms with Crippen molar-refractivity contribution in [3.63, 3.8) is 0 Å². The molecule has 0 spiro atoms. The summed E-state index contributed by atoms with van der Waals surface area (Å²) in [6.45, 7) is 2.26. The third kappa shape index (κ3) is 2.65. The molecule has 1 aromatic rings. The molecule has 0 aliphatic carbocycles.